The van der Waals surface area contributed by atoms with Crippen molar-refractivity contribution in [3.05, 3.63) is 58.1 Å². The number of benzene rings is 2. The number of nitrogens with one attached hydrogen (secondary N) is 1. The van der Waals surface area contributed by atoms with Crippen LogP contribution in [0.5, 0.6) is 0 Å². The molecule has 0 heterocycles. The molecule has 2 nitrogen and oxygen atoms in total. The summed E-state index contributed by atoms with van der Waals surface area (Å²) in [6.07, 6.45) is 0. The average Bonchev–Trinajstić information content (AvgIpc) is 2.34. The smallest absolute Gasteiger partial charge is 0.0485 e. The molecule has 18 heavy (non-hydrogen) atoms. The van der Waals surface area contributed by atoms with E-state index in [9.17, 15) is 0 Å². The van der Waals surface area contributed by atoms with E-state index in [0.29, 0.717) is 0 Å². The van der Waals surface area contributed by atoms with Gasteiger partial charge in [0.05, 0.1) is 0 Å². The van der Waals surface area contributed by atoms with Crippen molar-refractivity contribution < 1.29 is 0 Å². The van der Waals surface area contributed by atoms with E-state index in [-0.39, 0.29) is 6.04 Å². The van der Waals surface area contributed by atoms with Crippen LogP contribution in [0.2, 0.25) is 0 Å². The number of aryl methyl sites for hydroxylation is 1. The highest BCUT2D eigenvalue weighted by Crippen LogP contribution is 2.24. The third-order valence-electron chi connectivity index (χ3n) is 3.00. The lowest BCUT2D eigenvalue weighted by atomic mass is 10.1. The summed E-state index contributed by atoms with van der Waals surface area (Å²) >= 11 is 3.45. The first-order chi connectivity index (χ1) is 8.56. The van der Waals surface area contributed by atoms with Crippen LogP contribution in [0.15, 0.2) is 46.9 Å². The predicted octanol–water partition coefficient (Wildman–Crippen LogP) is 4.51. The highest BCUT2D eigenvalue weighted by Gasteiger charge is 2.07. The zero-order valence-electron chi connectivity index (χ0n) is 10.6. The Morgan fingerprint density at radius 2 is 1.78 bits per heavy atom. The highest BCUT2D eigenvalue weighted by molar-refractivity contribution is 9.10. The minimum Gasteiger partial charge on any atom is -0.399 e. The molecule has 2 aromatic rings. The summed E-state index contributed by atoms with van der Waals surface area (Å²) < 4.78 is 1.10. The number of anilines is 2. The van der Waals surface area contributed by atoms with Crippen LogP contribution in [-0.4, -0.2) is 0 Å². The Labute approximate surface area is 116 Å². The van der Waals surface area contributed by atoms with E-state index in [1.807, 2.05) is 18.2 Å². The number of nitrogens with two attached hydrogens (primary N) is 1. The molecule has 0 bridgehead atoms. The van der Waals surface area contributed by atoms with Gasteiger partial charge in [0.1, 0.15) is 0 Å². The van der Waals surface area contributed by atoms with E-state index in [0.717, 1.165) is 15.8 Å². The topological polar surface area (TPSA) is 38.0 Å². The van der Waals surface area contributed by atoms with E-state index in [2.05, 4.69) is 59.4 Å². The molecular weight excluding hydrogens is 288 g/mol. The van der Waals surface area contributed by atoms with Gasteiger partial charge in [0, 0.05) is 21.9 Å². The molecule has 0 saturated heterocycles. The lowest BCUT2D eigenvalue weighted by Gasteiger charge is -2.18. The van der Waals surface area contributed by atoms with Crippen molar-refractivity contribution >= 4 is 27.3 Å². The molecule has 0 aliphatic heterocycles. The summed E-state index contributed by atoms with van der Waals surface area (Å²) in [6.45, 7) is 4.22. The minimum absolute atomic E-state index is 0.249. The first kappa shape index (κ1) is 13.0. The van der Waals surface area contributed by atoms with Gasteiger partial charge in [-0.3, -0.25) is 0 Å². The molecule has 2 rings (SSSR count). The van der Waals surface area contributed by atoms with E-state index in [1.165, 1.54) is 11.1 Å². The predicted molar refractivity (Wildman–Crippen MR) is 81.8 cm³/mol. The SMILES string of the molecule is Cc1ccc(N)cc1NC(C)c1ccc(Br)cc1. The summed E-state index contributed by atoms with van der Waals surface area (Å²) in [5, 5.41) is 3.49. The monoisotopic (exact) mass is 304 g/mol. The zero-order valence-corrected chi connectivity index (χ0v) is 12.2. The van der Waals surface area contributed by atoms with Gasteiger partial charge in [0.25, 0.3) is 0 Å². The molecule has 0 saturated carbocycles. The van der Waals surface area contributed by atoms with Gasteiger partial charge in [-0.05, 0) is 49.2 Å². The van der Waals surface area contributed by atoms with Gasteiger partial charge in [-0.25, -0.2) is 0 Å². The Bertz CT molecular complexity index is 535. The molecule has 0 fully saturated rings. The number of hydrogen-bond acceptors (Lipinski definition) is 2. The Morgan fingerprint density at radius 3 is 2.44 bits per heavy atom. The van der Waals surface area contributed by atoms with Crippen molar-refractivity contribution in [1.82, 2.24) is 0 Å². The van der Waals surface area contributed by atoms with Crippen molar-refractivity contribution in [2.45, 2.75) is 19.9 Å². The van der Waals surface area contributed by atoms with Crippen LogP contribution in [0.1, 0.15) is 24.1 Å². The lowest BCUT2D eigenvalue weighted by Crippen LogP contribution is -2.07. The van der Waals surface area contributed by atoms with Crippen LogP contribution in [0.25, 0.3) is 0 Å². The molecule has 0 aromatic heterocycles. The van der Waals surface area contributed by atoms with E-state index in [4.69, 9.17) is 5.73 Å². The fourth-order valence-electron chi connectivity index (χ4n) is 1.86. The number of halogens is 1. The van der Waals surface area contributed by atoms with Crippen molar-refractivity contribution in [2.24, 2.45) is 0 Å². The Balaban J connectivity index is 2.18. The van der Waals surface area contributed by atoms with Gasteiger partial charge in [0.2, 0.25) is 0 Å². The number of rotatable bonds is 3. The highest BCUT2D eigenvalue weighted by atomic mass is 79.9. The van der Waals surface area contributed by atoms with Crippen molar-refractivity contribution in [2.75, 3.05) is 11.1 Å². The maximum atomic E-state index is 5.82. The summed E-state index contributed by atoms with van der Waals surface area (Å²) in [6, 6.07) is 14.5. The van der Waals surface area contributed by atoms with E-state index in [1.54, 1.807) is 0 Å². The van der Waals surface area contributed by atoms with E-state index >= 15 is 0 Å². The van der Waals surface area contributed by atoms with E-state index < -0.39 is 0 Å². The molecular formula is C15H17BrN2. The maximum absolute atomic E-state index is 5.82. The van der Waals surface area contributed by atoms with Crippen LogP contribution < -0.4 is 11.1 Å². The fourth-order valence-corrected chi connectivity index (χ4v) is 2.13. The fraction of sp³-hybridized carbons (Fsp3) is 0.200. The molecule has 0 aliphatic rings. The second-order valence-electron chi connectivity index (χ2n) is 4.49. The van der Waals surface area contributed by atoms with Crippen molar-refractivity contribution in [1.29, 1.82) is 0 Å². The van der Waals surface area contributed by atoms with Gasteiger partial charge in [-0.1, -0.05) is 34.1 Å². The molecule has 0 spiro atoms. The van der Waals surface area contributed by atoms with Crippen LogP contribution in [-0.2, 0) is 0 Å². The normalized spacial score (nSPS) is 12.2. The summed E-state index contributed by atoms with van der Waals surface area (Å²) in [7, 11) is 0. The van der Waals surface area contributed by atoms with Crippen LogP contribution >= 0.6 is 15.9 Å². The molecule has 3 heteroatoms. The molecule has 1 atom stereocenters. The first-order valence-corrected chi connectivity index (χ1v) is 6.73. The third-order valence-corrected chi connectivity index (χ3v) is 3.53. The maximum Gasteiger partial charge on any atom is 0.0485 e. The minimum atomic E-state index is 0.249. The average molecular weight is 305 g/mol. The van der Waals surface area contributed by atoms with Gasteiger partial charge in [0.15, 0.2) is 0 Å². The molecule has 2 aromatic carbocycles. The summed E-state index contributed by atoms with van der Waals surface area (Å²) in [4.78, 5) is 0. The molecule has 0 amide bonds. The molecule has 3 N–H and O–H groups in total. The number of nitrogen functional groups attached to an aromatic ring is 1. The van der Waals surface area contributed by atoms with Gasteiger partial charge < -0.3 is 11.1 Å². The van der Waals surface area contributed by atoms with Gasteiger partial charge in [-0.2, -0.15) is 0 Å². The largest absolute Gasteiger partial charge is 0.399 e. The molecule has 94 valence electrons. The third kappa shape index (κ3) is 3.05. The van der Waals surface area contributed by atoms with Crippen LogP contribution in [0.3, 0.4) is 0 Å². The van der Waals surface area contributed by atoms with Crippen LogP contribution in [0.4, 0.5) is 11.4 Å². The number of hydrogen-bond donors (Lipinski definition) is 2. The van der Waals surface area contributed by atoms with Crippen molar-refractivity contribution in [3.8, 4) is 0 Å². The first-order valence-electron chi connectivity index (χ1n) is 5.94. The quantitative estimate of drug-likeness (QED) is 0.819. The zero-order chi connectivity index (χ0) is 13.1. The summed E-state index contributed by atoms with van der Waals surface area (Å²) in [5.41, 5.74) is 10.1. The van der Waals surface area contributed by atoms with Gasteiger partial charge in [-0.15, -0.1) is 0 Å². The Kier molecular flexibility index (Phi) is 3.92. The Hall–Kier alpha value is -1.48. The molecule has 0 radical (unpaired) electrons. The lowest BCUT2D eigenvalue weighted by molar-refractivity contribution is 0.882. The molecule has 0 aliphatic carbocycles. The second kappa shape index (κ2) is 5.44. The Morgan fingerprint density at radius 1 is 1.11 bits per heavy atom. The second-order valence-corrected chi connectivity index (χ2v) is 5.41. The molecule has 1 unspecified atom stereocenters. The van der Waals surface area contributed by atoms with Gasteiger partial charge >= 0.3 is 0 Å². The van der Waals surface area contributed by atoms with Crippen molar-refractivity contribution in [3.63, 3.8) is 0 Å². The summed E-state index contributed by atoms with van der Waals surface area (Å²) in [5.74, 6) is 0. The standard InChI is InChI=1S/C15H17BrN2/c1-10-3-8-14(17)9-15(10)18-11(2)12-4-6-13(16)7-5-12/h3-9,11,18H,17H2,1-2H3. The van der Waals surface area contributed by atoms with Crippen LogP contribution in [0, 0.1) is 6.92 Å².